The average molecular weight is 250 g/mol. The van der Waals surface area contributed by atoms with Gasteiger partial charge in [0.25, 0.3) is 0 Å². The van der Waals surface area contributed by atoms with Crippen molar-refractivity contribution in [3.8, 4) is 6.07 Å². The minimum absolute atomic E-state index is 0.247. The highest BCUT2D eigenvalue weighted by atomic mass is 15.0. The lowest BCUT2D eigenvalue weighted by molar-refractivity contribution is 0.757. The van der Waals surface area contributed by atoms with Gasteiger partial charge in [0.1, 0.15) is 17.6 Å². The van der Waals surface area contributed by atoms with Crippen LogP contribution in [0, 0.1) is 11.3 Å². The van der Waals surface area contributed by atoms with Crippen molar-refractivity contribution in [2.45, 2.75) is 18.9 Å². The van der Waals surface area contributed by atoms with Crippen molar-refractivity contribution in [1.29, 1.82) is 5.26 Å². The van der Waals surface area contributed by atoms with E-state index in [1.807, 2.05) is 24.3 Å². The lowest BCUT2D eigenvalue weighted by Gasteiger charge is -2.14. The summed E-state index contributed by atoms with van der Waals surface area (Å²) in [5.74, 6) is 0.744. The maximum atomic E-state index is 8.86. The molecular weight excluding hydrogens is 236 g/mol. The average Bonchev–Trinajstić information content (AvgIpc) is 2.81. The van der Waals surface area contributed by atoms with E-state index >= 15 is 0 Å². The van der Waals surface area contributed by atoms with Crippen LogP contribution >= 0.6 is 0 Å². The van der Waals surface area contributed by atoms with E-state index in [-0.39, 0.29) is 6.04 Å². The lowest BCUT2D eigenvalue weighted by Crippen LogP contribution is -2.08. The maximum absolute atomic E-state index is 8.86. The van der Waals surface area contributed by atoms with Gasteiger partial charge in [-0.2, -0.15) is 5.26 Å². The number of benzene rings is 1. The zero-order valence-electron chi connectivity index (χ0n) is 10.4. The molecule has 1 atom stereocenters. The van der Waals surface area contributed by atoms with Gasteiger partial charge in [-0.15, -0.1) is 0 Å². The molecule has 0 saturated carbocycles. The molecule has 1 aromatic heterocycles. The first kappa shape index (κ1) is 11.5. The summed E-state index contributed by atoms with van der Waals surface area (Å²) in [4.78, 5) is 4.25. The molecule has 1 aliphatic carbocycles. The largest absolute Gasteiger partial charge is 0.399 e. The standard InChI is InChI=1S/C15H14N4/c16-9-12-2-1-3-15(18-12)19-14-7-4-10-8-11(17)5-6-13(10)14/h1-3,5-6,8,14H,4,7,17H2,(H,18,19). The summed E-state index contributed by atoms with van der Waals surface area (Å²) in [6.45, 7) is 0. The second-order valence-corrected chi connectivity index (χ2v) is 4.71. The Bertz CT molecular complexity index is 657. The third kappa shape index (κ3) is 2.23. The fourth-order valence-corrected chi connectivity index (χ4v) is 2.54. The number of aromatic nitrogens is 1. The van der Waals surface area contributed by atoms with Gasteiger partial charge in [0.2, 0.25) is 0 Å². The van der Waals surface area contributed by atoms with Crippen molar-refractivity contribution >= 4 is 11.5 Å². The summed E-state index contributed by atoms with van der Waals surface area (Å²) in [5.41, 5.74) is 9.61. The van der Waals surface area contributed by atoms with Crippen molar-refractivity contribution in [2.75, 3.05) is 11.1 Å². The molecule has 0 spiro atoms. The summed E-state index contributed by atoms with van der Waals surface area (Å²) >= 11 is 0. The molecule has 0 bridgehead atoms. The summed E-state index contributed by atoms with van der Waals surface area (Å²) < 4.78 is 0. The molecule has 1 aliphatic rings. The van der Waals surface area contributed by atoms with Gasteiger partial charge < -0.3 is 11.1 Å². The molecular formula is C15H14N4. The van der Waals surface area contributed by atoms with Crippen LogP contribution in [0.1, 0.15) is 29.3 Å². The van der Waals surface area contributed by atoms with Gasteiger partial charge in [-0.1, -0.05) is 12.1 Å². The number of nitrogens with zero attached hydrogens (tertiary/aromatic N) is 2. The molecule has 0 aliphatic heterocycles. The zero-order chi connectivity index (χ0) is 13.2. The highest BCUT2D eigenvalue weighted by molar-refractivity contribution is 5.51. The number of rotatable bonds is 2. The predicted molar refractivity (Wildman–Crippen MR) is 74.5 cm³/mol. The van der Waals surface area contributed by atoms with Crippen LogP contribution in [0.2, 0.25) is 0 Å². The molecule has 3 rings (SSSR count). The smallest absolute Gasteiger partial charge is 0.142 e. The minimum atomic E-state index is 0.247. The Balaban J connectivity index is 1.85. The van der Waals surface area contributed by atoms with E-state index in [4.69, 9.17) is 11.0 Å². The first-order valence-electron chi connectivity index (χ1n) is 6.28. The summed E-state index contributed by atoms with van der Waals surface area (Å²) in [6, 6.07) is 13.8. The Labute approximate surface area is 111 Å². The Morgan fingerprint density at radius 1 is 1.32 bits per heavy atom. The monoisotopic (exact) mass is 250 g/mol. The van der Waals surface area contributed by atoms with Gasteiger partial charge >= 0.3 is 0 Å². The molecule has 19 heavy (non-hydrogen) atoms. The number of pyridine rings is 1. The number of anilines is 2. The van der Waals surface area contributed by atoms with Crippen LogP contribution in [0.25, 0.3) is 0 Å². The lowest BCUT2D eigenvalue weighted by atomic mass is 10.1. The maximum Gasteiger partial charge on any atom is 0.142 e. The van der Waals surface area contributed by atoms with E-state index < -0.39 is 0 Å². The van der Waals surface area contributed by atoms with Crippen molar-refractivity contribution < 1.29 is 0 Å². The van der Waals surface area contributed by atoms with E-state index in [1.165, 1.54) is 11.1 Å². The number of fused-ring (bicyclic) bond motifs is 1. The fourth-order valence-electron chi connectivity index (χ4n) is 2.54. The Morgan fingerprint density at radius 3 is 3.05 bits per heavy atom. The first-order valence-corrected chi connectivity index (χ1v) is 6.28. The molecule has 94 valence electrons. The van der Waals surface area contributed by atoms with Crippen molar-refractivity contribution in [1.82, 2.24) is 4.98 Å². The third-order valence-corrected chi connectivity index (χ3v) is 3.43. The normalized spacial score (nSPS) is 16.7. The predicted octanol–water partition coefficient (Wildman–Crippen LogP) is 2.63. The molecule has 2 aromatic rings. The van der Waals surface area contributed by atoms with Gasteiger partial charge in [-0.25, -0.2) is 4.98 Å². The molecule has 0 amide bonds. The second kappa shape index (κ2) is 4.62. The van der Waals surface area contributed by atoms with Gasteiger partial charge in [0, 0.05) is 5.69 Å². The third-order valence-electron chi connectivity index (χ3n) is 3.43. The minimum Gasteiger partial charge on any atom is -0.399 e. The van der Waals surface area contributed by atoms with E-state index in [2.05, 4.69) is 22.4 Å². The molecule has 1 unspecified atom stereocenters. The van der Waals surface area contributed by atoms with Crippen molar-refractivity contribution in [3.05, 3.63) is 53.2 Å². The van der Waals surface area contributed by atoms with Crippen LogP contribution in [0.3, 0.4) is 0 Å². The second-order valence-electron chi connectivity index (χ2n) is 4.71. The number of nitriles is 1. The highest BCUT2D eigenvalue weighted by Gasteiger charge is 2.22. The quantitative estimate of drug-likeness (QED) is 0.803. The topological polar surface area (TPSA) is 74.7 Å². The summed E-state index contributed by atoms with van der Waals surface area (Å²) in [7, 11) is 0. The summed E-state index contributed by atoms with van der Waals surface area (Å²) in [6.07, 6.45) is 2.05. The summed E-state index contributed by atoms with van der Waals surface area (Å²) in [5, 5.41) is 12.2. The Hall–Kier alpha value is -2.54. The number of hydrogen-bond donors (Lipinski definition) is 2. The van der Waals surface area contributed by atoms with Crippen LogP contribution < -0.4 is 11.1 Å². The van der Waals surface area contributed by atoms with Crippen LogP contribution in [0.5, 0.6) is 0 Å². The first-order chi connectivity index (χ1) is 9.26. The van der Waals surface area contributed by atoms with Crippen molar-refractivity contribution in [3.63, 3.8) is 0 Å². The fraction of sp³-hybridized carbons (Fsp3) is 0.200. The molecule has 4 heteroatoms. The van der Waals surface area contributed by atoms with Gasteiger partial charge in [0.15, 0.2) is 0 Å². The number of hydrogen-bond acceptors (Lipinski definition) is 4. The molecule has 1 aromatic carbocycles. The molecule has 3 N–H and O–H groups in total. The van der Waals surface area contributed by atoms with Gasteiger partial charge in [0.05, 0.1) is 6.04 Å². The van der Waals surface area contributed by atoms with E-state index in [1.54, 1.807) is 6.07 Å². The van der Waals surface area contributed by atoms with Crippen LogP contribution in [0.15, 0.2) is 36.4 Å². The van der Waals surface area contributed by atoms with Crippen LogP contribution in [-0.4, -0.2) is 4.98 Å². The number of nitrogens with one attached hydrogen (secondary N) is 1. The van der Waals surface area contributed by atoms with Gasteiger partial charge in [-0.05, 0) is 48.2 Å². The van der Waals surface area contributed by atoms with E-state index in [9.17, 15) is 0 Å². The highest BCUT2D eigenvalue weighted by Crippen LogP contribution is 2.34. The van der Waals surface area contributed by atoms with Crippen LogP contribution in [0.4, 0.5) is 11.5 Å². The van der Waals surface area contributed by atoms with E-state index in [0.29, 0.717) is 5.69 Å². The van der Waals surface area contributed by atoms with Gasteiger partial charge in [-0.3, -0.25) is 0 Å². The number of aryl methyl sites for hydroxylation is 1. The molecule has 1 heterocycles. The Morgan fingerprint density at radius 2 is 2.21 bits per heavy atom. The molecule has 4 nitrogen and oxygen atoms in total. The molecule has 0 radical (unpaired) electrons. The SMILES string of the molecule is N#Cc1cccc(NC2CCc3cc(N)ccc32)n1. The molecule has 0 saturated heterocycles. The number of nitrogen functional groups attached to an aromatic ring is 1. The number of nitrogens with two attached hydrogens (primary N) is 1. The van der Waals surface area contributed by atoms with E-state index in [0.717, 1.165) is 24.3 Å². The Kier molecular flexibility index (Phi) is 2.81. The van der Waals surface area contributed by atoms with Crippen molar-refractivity contribution in [2.24, 2.45) is 0 Å². The molecule has 0 fully saturated rings. The van der Waals surface area contributed by atoms with Crippen LogP contribution in [-0.2, 0) is 6.42 Å². The zero-order valence-corrected chi connectivity index (χ0v) is 10.4.